The molecule has 0 radical (unpaired) electrons. The number of halogens is 2. The fraction of sp³-hybridized carbons (Fsp3) is 0.286. The SMILES string of the molecule is CCn1cc(S(=O)(=O)c2cccc(Cl)c2)c(=O)c2cc(F)c(N3CCCC3)cc21. The molecule has 0 atom stereocenters. The van der Waals surface area contributed by atoms with Crippen LogP contribution in [-0.4, -0.2) is 26.1 Å². The van der Waals surface area contributed by atoms with Crippen molar-refractivity contribution in [1.29, 1.82) is 0 Å². The highest BCUT2D eigenvalue weighted by Gasteiger charge is 2.25. The number of aryl methyl sites for hydroxylation is 1. The highest BCUT2D eigenvalue weighted by Crippen LogP contribution is 2.29. The third kappa shape index (κ3) is 3.42. The van der Waals surface area contributed by atoms with Crippen molar-refractivity contribution < 1.29 is 12.8 Å². The average molecular weight is 435 g/mol. The summed E-state index contributed by atoms with van der Waals surface area (Å²) in [7, 11) is -4.11. The van der Waals surface area contributed by atoms with E-state index in [1.165, 1.54) is 24.4 Å². The predicted octanol–water partition coefficient (Wildman–Crippen LogP) is 4.25. The van der Waals surface area contributed by atoms with E-state index in [-0.39, 0.29) is 20.2 Å². The third-order valence-electron chi connectivity index (χ3n) is 5.30. The largest absolute Gasteiger partial charge is 0.369 e. The van der Waals surface area contributed by atoms with E-state index in [9.17, 15) is 17.6 Å². The van der Waals surface area contributed by atoms with Gasteiger partial charge in [-0.05, 0) is 50.1 Å². The van der Waals surface area contributed by atoms with Crippen molar-refractivity contribution in [3.05, 3.63) is 63.7 Å². The maximum absolute atomic E-state index is 14.8. The van der Waals surface area contributed by atoms with Gasteiger partial charge in [0.15, 0.2) is 0 Å². The highest BCUT2D eigenvalue weighted by atomic mass is 35.5. The lowest BCUT2D eigenvalue weighted by Gasteiger charge is -2.20. The Labute approximate surface area is 173 Å². The molecule has 0 amide bonds. The van der Waals surface area contributed by atoms with E-state index in [0.29, 0.717) is 17.7 Å². The first-order valence-corrected chi connectivity index (χ1v) is 11.3. The lowest BCUT2D eigenvalue weighted by molar-refractivity contribution is 0.593. The van der Waals surface area contributed by atoms with Crippen LogP contribution in [0.5, 0.6) is 0 Å². The molecule has 1 fully saturated rings. The maximum atomic E-state index is 14.8. The number of rotatable bonds is 4. The lowest BCUT2D eigenvalue weighted by Crippen LogP contribution is -2.22. The average Bonchev–Trinajstić information content (AvgIpc) is 3.22. The van der Waals surface area contributed by atoms with Crippen molar-refractivity contribution >= 4 is 38.0 Å². The van der Waals surface area contributed by atoms with Gasteiger partial charge in [0.25, 0.3) is 0 Å². The van der Waals surface area contributed by atoms with Crippen LogP contribution in [0.25, 0.3) is 10.9 Å². The van der Waals surface area contributed by atoms with Crippen LogP contribution >= 0.6 is 11.6 Å². The molecule has 1 aliphatic heterocycles. The maximum Gasteiger partial charge on any atom is 0.211 e. The number of hydrogen-bond acceptors (Lipinski definition) is 4. The summed E-state index contributed by atoms with van der Waals surface area (Å²) >= 11 is 5.93. The van der Waals surface area contributed by atoms with Crippen molar-refractivity contribution in [2.45, 2.75) is 36.1 Å². The monoisotopic (exact) mass is 434 g/mol. The minimum Gasteiger partial charge on any atom is -0.369 e. The number of benzene rings is 2. The molecule has 2 aromatic carbocycles. The van der Waals surface area contributed by atoms with Crippen LogP contribution < -0.4 is 10.3 Å². The normalized spacial score (nSPS) is 14.7. The van der Waals surface area contributed by atoms with E-state index in [4.69, 9.17) is 11.6 Å². The zero-order chi connectivity index (χ0) is 20.8. The Morgan fingerprint density at radius 1 is 1.14 bits per heavy atom. The van der Waals surface area contributed by atoms with Gasteiger partial charge in [-0.1, -0.05) is 17.7 Å². The summed E-state index contributed by atoms with van der Waals surface area (Å²) in [5.41, 5.74) is 0.254. The van der Waals surface area contributed by atoms with E-state index >= 15 is 0 Å². The molecule has 1 saturated heterocycles. The summed E-state index contributed by atoms with van der Waals surface area (Å²) < 4.78 is 42.7. The fourth-order valence-electron chi connectivity index (χ4n) is 3.79. The Hall–Kier alpha value is -2.38. The molecule has 4 rings (SSSR count). The first-order valence-electron chi connectivity index (χ1n) is 9.45. The van der Waals surface area contributed by atoms with Crippen molar-refractivity contribution in [3.8, 4) is 0 Å². The van der Waals surface area contributed by atoms with Gasteiger partial charge in [0.2, 0.25) is 15.3 Å². The van der Waals surface area contributed by atoms with E-state index in [1.54, 1.807) is 16.7 Å². The zero-order valence-electron chi connectivity index (χ0n) is 15.9. The van der Waals surface area contributed by atoms with E-state index < -0.39 is 21.1 Å². The molecule has 0 unspecified atom stereocenters. The highest BCUT2D eigenvalue weighted by molar-refractivity contribution is 7.91. The van der Waals surface area contributed by atoms with Crippen molar-refractivity contribution in [3.63, 3.8) is 0 Å². The van der Waals surface area contributed by atoms with Gasteiger partial charge in [-0.2, -0.15) is 0 Å². The first-order chi connectivity index (χ1) is 13.8. The van der Waals surface area contributed by atoms with Crippen molar-refractivity contribution in [2.24, 2.45) is 0 Å². The van der Waals surface area contributed by atoms with Crippen LogP contribution in [0.1, 0.15) is 19.8 Å². The number of anilines is 1. The Morgan fingerprint density at radius 3 is 2.52 bits per heavy atom. The summed E-state index contributed by atoms with van der Waals surface area (Å²) in [6, 6.07) is 8.56. The Morgan fingerprint density at radius 2 is 1.86 bits per heavy atom. The minimum atomic E-state index is -4.11. The molecule has 152 valence electrons. The van der Waals surface area contributed by atoms with Gasteiger partial charge in [-0.15, -0.1) is 0 Å². The molecule has 29 heavy (non-hydrogen) atoms. The molecule has 1 aliphatic rings. The molecule has 0 aliphatic carbocycles. The summed E-state index contributed by atoms with van der Waals surface area (Å²) in [5, 5.41) is 0.305. The second-order valence-electron chi connectivity index (χ2n) is 7.08. The van der Waals surface area contributed by atoms with Gasteiger partial charge in [0.05, 0.1) is 21.5 Å². The van der Waals surface area contributed by atoms with E-state index in [2.05, 4.69) is 0 Å². The van der Waals surface area contributed by atoms with Gasteiger partial charge in [0, 0.05) is 30.9 Å². The van der Waals surface area contributed by atoms with Crippen LogP contribution in [0.15, 0.2) is 57.2 Å². The summed E-state index contributed by atoms with van der Waals surface area (Å²) in [6.45, 7) is 3.80. The van der Waals surface area contributed by atoms with Crippen LogP contribution in [0.3, 0.4) is 0 Å². The minimum absolute atomic E-state index is 0.0513. The molecular formula is C21H20ClFN2O3S. The van der Waals surface area contributed by atoms with Crippen LogP contribution in [-0.2, 0) is 16.4 Å². The standard InChI is InChI=1S/C21H20ClFN2O3S/c1-2-24-13-20(29(27,28)15-7-5-6-14(22)10-15)21(26)16-11-17(23)19(12-18(16)24)25-8-3-4-9-25/h5-7,10-13H,2-4,8-9H2,1H3. The predicted molar refractivity (Wildman–Crippen MR) is 112 cm³/mol. The number of pyridine rings is 1. The Balaban J connectivity index is 1.97. The first kappa shape index (κ1) is 19.9. The number of nitrogens with zero attached hydrogens (tertiary/aromatic N) is 2. The van der Waals surface area contributed by atoms with Crippen LogP contribution in [0.2, 0.25) is 5.02 Å². The molecular weight excluding hydrogens is 415 g/mol. The quantitative estimate of drug-likeness (QED) is 0.616. The summed E-state index contributed by atoms with van der Waals surface area (Å²) in [5.74, 6) is -0.517. The second-order valence-corrected chi connectivity index (χ2v) is 9.44. The number of aromatic nitrogens is 1. The number of hydrogen-bond donors (Lipinski definition) is 0. The zero-order valence-corrected chi connectivity index (χ0v) is 17.4. The number of fused-ring (bicyclic) bond motifs is 1. The molecule has 1 aromatic heterocycles. The van der Waals surface area contributed by atoms with Gasteiger partial charge >= 0.3 is 0 Å². The molecule has 0 N–H and O–H groups in total. The summed E-state index contributed by atoms with van der Waals surface area (Å²) in [4.78, 5) is 14.6. The molecule has 5 nitrogen and oxygen atoms in total. The van der Waals surface area contributed by atoms with Crippen LogP contribution in [0.4, 0.5) is 10.1 Å². The molecule has 2 heterocycles. The van der Waals surface area contributed by atoms with Gasteiger partial charge < -0.3 is 9.47 Å². The van der Waals surface area contributed by atoms with Crippen molar-refractivity contribution in [2.75, 3.05) is 18.0 Å². The molecule has 0 bridgehead atoms. The summed E-state index contributed by atoms with van der Waals surface area (Å²) in [6.07, 6.45) is 3.33. The third-order valence-corrected chi connectivity index (χ3v) is 7.28. The Bertz CT molecular complexity index is 1260. The van der Waals surface area contributed by atoms with Crippen LogP contribution in [0, 0.1) is 5.82 Å². The number of sulfone groups is 1. The van der Waals surface area contributed by atoms with Gasteiger partial charge in [-0.25, -0.2) is 12.8 Å². The van der Waals surface area contributed by atoms with Crippen molar-refractivity contribution in [1.82, 2.24) is 4.57 Å². The molecule has 3 aromatic rings. The topological polar surface area (TPSA) is 59.4 Å². The lowest BCUT2D eigenvalue weighted by atomic mass is 10.1. The molecule has 8 heteroatoms. The molecule has 0 spiro atoms. The Kier molecular flexibility index (Phi) is 5.12. The smallest absolute Gasteiger partial charge is 0.211 e. The van der Waals surface area contributed by atoms with Gasteiger partial charge in [0.1, 0.15) is 10.7 Å². The van der Waals surface area contributed by atoms with Gasteiger partial charge in [-0.3, -0.25) is 4.79 Å². The van der Waals surface area contributed by atoms with E-state index in [1.807, 2.05) is 11.8 Å². The molecule has 0 saturated carbocycles. The second kappa shape index (κ2) is 7.46. The van der Waals surface area contributed by atoms with E-state index in [0.717, 1.165) is 32.0 Å². The fourth-order valence-corrected chi connectivity index (χ4v) is 5.46.